The number of halogens is 1. The molecule has 1 heterocycles. The summed E-state index contributed by atoms with van der Waals surface area (Å²) in [6.07, 6.45) is 0. The third kappa shape index (κ3) is 3.61. The fourth-order valence-electron chi connectivity index (χ4n) is 2.16. The molecule has 2 aromatic carbocycles. The number of benzene rings is 2. The van der Waals surface area contributed by atoms with Crippen LogP contribution < -0.4 is 5.32 Å². The van der Waals surface area contributed by atoms with E-state index in [4.69, 9.17) is 11.6 Å². The van der Waals surface area contributed by atoms with E-state index in [0.29, 0.717) is 17.3 Å². The molecule has 0 aliphatic rings. The van der Waals surface area contributed by atoms with Crippen LogP contribution in [0.25, 0.3) is 5.69 Å². The Hall–Kier alpha value is -2.70. The van der Waals surface area contributed by atoms with Gasteiger partial charge in [-0.05, 0) is 29.8 Å². The van der Waals surface area contributed by atoms with E-state index in [-0.39, 0.29) is 18.0 Å². The van der Waals surface area contributed by atoms with Crippen molar-refractivity contribution in [1.82, 2.24) is 20.3 Å². The summed E-state index contributed by atoms with van der Waals surface area (Å²) in [6, 6.07) is 16.4. The topological polar surface area (TPSA) is 80.0 Å². The summed E-state index contributed by atoms with van der Waals surface area (Å²) in [5.74, 6) is -0.392. The Labute approximate surface area is 143 Å². The number of aromatic nitrogens is 3. The second-order valence-corrected chi connectivity index (χ2v) is 5.52. The molecule has 0 fully saturated rings. The van der Waals surface area contributed by atoms with Crippen molar-refractivity contribution >= 4 is 17.5 Å². The molecule has 0 bridgehead atoms. The molecule has 1 aromatic heterocycles. The van der Waals surface area contributed by atoms with Crippen molar-refractivity contribution < 1.29 is 9.90 Å². The van der Waals surface area contributed by atoms with Gasteiger partial charge in [-0.15, -0.1) is 10.2 Å². The summed E-state index contributed by atoms with van der Waals surface area (Å²) in [5, 5.41) is 21.2. The molecular weight excluding hydrogens is 328 g/mol. The van der Waals surface area contributed by atoms with Gasteiger partial charge in [0.2, 0.25) is 0 Å². The Balaban J connectivity index is 1.76. The molecule has 0 aliphatic carbocycles. The van der Waals surface area contributed by atoms with Crippen LogP contribution in [0.1, 0.15) is 21.7 Å². The minimum Gasteiger partial charge on any atom is -0.390 e. The SMILES string of the molecule is O=C(NCc1ccc(Cl)cc1)c1nn(-c2ccccc2)nc1CO. The first-order valence-electron chi connectivity index (χ1n) is 7.32. The molecule has 2 N–H and O–H groups in total. The van der Waals surface area contributed by atoms with Gasteiger partial charge in [0.25, 0.3) is 5.91 Å². The van der Waals surface area contributed by atoms with E-state index in [9.17, 15) is 9.90 Å². The molecule has 3 aromatic rings. The lowest BCUT2D eigenvalue weighted by Crippen LogP contribution is -2.24. The highest BCUT2D eigenvalue weighted by Crippen LogP contribution is 2.11. The Bertz CT molecular complexity index is 832. The van der Waals surface area contributed by atoms with Crippen molar-refractivity contribution in [2.75, 3.05) is 0 Å². The van der Waals surface area contributed by atoms with Gasteiger partial charge < -0.3 is 10.4 Å². The zero-order valence-corrected chi connectivity index (χ0v) is 13.4. The van der Waals surface area contributed by atoms with E-state index in [1.165, 1.54) is 4.80 Å². The highest BCUT2D eigenvalue weighted by molar-refractivity contribution is 6.30. The van der Waals surface area contributed by atoms with Crippen molar-refractivity contribution in [2.24, 2.45) is 0 Å². The third-order valence-electron chi connectivity index (χ3n) is 3.40. The maximum atomic E-state index is 12.3. The standard InChI is InChI=1S/C17H15ClN4O2/c18-13-8-6-12(7-9-13)10-19-17(24)16-15(11-23)20-22(21-16)14-4-2-1-3-5-14/h1-9,23H,10-11H2,(H,19,24). The number of rotatable bonds is 5. The van der Waals surface area contributed by atoms with Crippen molar-refractivity contribution in [3.05, 3.63) is 76.6 Å². The quantitative estimate of drug-likeness (QED) is 0.746. The molecule has 1 amide bonds. The second kappa shape index (κ2) is 7.25. The molecule has 0 atom stereocenters. The molecule has 0 spiro atoms. The smallest absolute Gasteiger partial charge is 0.274 e. The Morgan fingerprint density at radius 3 is 2.46 bits per heavy atom. The molecule has 0 saturated carbocycles. The van der Waals surface area contributed by atoms with E-state index in [1.807, 2.05) is 42.5 Å². The van der Waals surface area contributed by atoms with E-state index < -0.39 is 5.91 Å². The molecule has 6 nitrogen and oxygen atoms in total. The number of para-hydroxylation sites is 1. The first-order valence-corrected chi connectivity index (χ1v) is 7.70. The number of nitrogens with one attached hydrogen (secondary N) is 1. The predicted molar refractivity (Wildman–Crippen MR) is 89.9 cm³/mol. The lowest BCUT2D eigenvalue weighted by atomic mass is 10.2. The molecule has 0 radical (unpaired) electrons. The van der Waals surface area contributed by atoms with Crippen LogP contribution in [0.2, 0.25) is 5.02 Å². The predicted octanol–water partition coefficient (Wildman–Crippen LogP) is 2.34. The van der Waals surface area contributed by atoms with Gasteiger partial charge in [0.1, 0.15) is 5.69 Å². The van der Waals surface area contributed by atoms with Crippen LogP contribution in [0.15, 0.2) is 54.6 Å². The van der Waals surface area contributed by atoms with Crippen LogP contribution in [0.4, 0.5) is 0 Å². The number of carbonyl (C=O) groups is 1. The Kier molecular flexibility index (Phi) is 4.88. The first-order chi connectivity index (χ1) is 11.7. The Morgan fingerprint density at radius 2 is 1.79 bits per heavy atom. The highest BCUT2D eigenvalue weighted by Gasteiger charge is 2.18. The van der Waals surface area contributed by atoms with E-state index in [2.05, 4.69) is 15.5 Å². The number of carbonyl (C=O) groups excluding carboxylic acids is 1. The van der Waals surface area contributed by atoms with Crippen molar-refractivity contribution in [1.29, 1.82) is 0 Å². The van der Waals surface area contributed by atoms with Crippen LogP contribution in [-0.4, -0.2) is 26.0 Å². The van der Waals surface area contributed by atoms with Crippen LogP contribution >= 0.6 is 11.6 Å². The fourth-order valence-corrected chi connectivity index (χ4v) is 2.29. The number of aliphatic hydroxyl groups is 1. The molecule has 0 unspecified atom stereocenters. The normalized spacial score (nSPS) is 10.6. The van der Waals surface area contributed by atoms with Gasteiger partial charge in [-0.2, -0.15) is 4.80 Å². The van der Waals surface area contributed by atoms with Crippen LogP contribution in [0, 0.1) is 0 Å². The average Bonchev–Trinajstić information content (AvgIpc) is 3.06. The number of amides is 1. The molecule has 0 aliphatic heterocycles. The van der Waals surface area contributed by atoms with Gasteiger partial charge in [0, 0.05) is 11.6 Å². The molecule has 0 saturated heterocycles. The van der Waals surface area contributed by atoms with Crippen molar-refractivity contribution in [3.63, 3.8) is 0 Å². The highest BCUT2D eigenvalue weighted by atomic mass is 35.5. The zero-order chi connectivity index (χ0) is 16.9. The maximum absolute atomic E-state index is 12.3. The van der Waals surface area contributed by atoms with E-state index >= 15 is 0 Å². The van der Waals surface area contributed by atoms with Crippen LogP contribution in [-0.2, 0) is 13.2 Å². The van der Waals surface area contributed by atoms with Gasteiger partial charge in [0.15, 0.2) is 5.69 Å². The molecular formula is C17H15ClN4O2. The largest absolute Gasteiger partial charge is 0.390 e. The molecule has 24 heavy (non-hydrogen) atoms. The van der Waals surface area contributed by atoms with Crippen LogP contribution in [0.5, 0.6) is 0 Å². The number of aliphatic hydroxyl groups excluding tert-OH is 1. The zero-order valence-electron chi connectivity index (χ0n) is 12.7. The molecule has 3 rings (SSSR count). The van der Waals surface area contributed by atoms with Crippen molar-refractivity contribution in [3.8, 4) is 5.69 Å². The monoisotopic (exact) mass is 342 g/mol. The Morgan fingerprint density at radius 1 is 1.08 bits per heavy atom. The van der Waals surface area contributed by atoms with Gasteiger partial charge in [-0.1, -0.05) is 41.9 Å². The number of nitrogens with zero attached hydrogens (tertiary/aromatic N) is 3. The summed E-state index contributed by atoms with van der Waals surface area (Å²) in [7, 11) is 0. The molecule has 122 valence electrons. The summed E-state index contributed by atoms with van der Waals surface area (Å²) < 4.78 is 0. The number of hydrogen-bond donors (Lipinski definition) is 2. The minimum absolute atomic E-state index is 0.107. The summed E-state index contributed by atoms with van der Waals surface area (Å²) in [5.41, 5.74) is 1.96. The maximum Gasteiger partial charge on any atom is 0.274 e. The average molecular weight is 343 g/mol. The fraction of sp³-hybridized carbons (Fsp3) is 0.118. The minimum atomic E-state index is -0.392. The van der Waals surface area contributed by atoms with Gasteiger partial charge in [-0.25, -0.2) is 0 Å². The lowest BCUT2D eigenvalue weighted by molar-refractivity contribution is 0.0942. The van der Waals surface area contributed by atoms with Crippen LogP contribution in [0.3, 0.4) is 0 Å². The van der Waals surface area contributed by atoms with E-state index in [1.54, 1.807) is 12.1 Å². The lowest BCUT2D eigenvalue weighted by Gasteiger charge is -2.04. The van der Waals surface area contributed by atoms with E-state index in [0.717, 1.165) is 5.56 Å². The molecule has 7 heteroatoms. The first kappa shape index (κ1) is 16.2. The van der Waals surface area contributed by atoms with Gasteiger partial charge in [0.05, 0.1) is 12.3 Å². The second-order valence-electron chi connectivity index (χ2n) is 5.09. The van der Waals surface area contributed by atoms with Crippen molar-refractivity contribution in [2.45, 2.75) is 13.2 Å². The third-order valence-corrected chi connectivity index (χ3v) is 3.65. The van der Waals surface area contributed by atoms with Gasteiger partial charge >= 0.3 is 0 Å². The summed E-state index contributed by atoms with van der Waals surface area (Å²) >= 11 is 5.83. The summed E-state index contributed by atoms with van der Waals surface area (Å²) in [6.45, 7) is -0.0321. The number of hydrogen-bond acceptors (Lipinski definition) is 4. The van der Waals surface area contributed by atoms with Gasteiger partial charge in [-0.3, -0.25) is 4.79 Å². The summed E-state index contributed by atoms with van der Waals surface area (Å²) in [4.78, 5) is 13.7.